The zero-order valence-electron chi connectivity index (χ0n) is 14.9. The number of benzene rings is 3. The number of hydrogen-bond acceptors (Lipinski definition) is 2. The fraction of sp³-hybridized carbons (Fsp3) is 0.130. The third-order valence-corrected chi connectivity index (χ3v) is 4.48. The van der Waals surface area contributed by atoms with Crippen LogP contribution in [0, 0.1) is 0 Å². The first-order valence-corrected chi connectivity index (χ1v) is 8.55. The number of amides is 1. The molecule has 0 unspecified atom stereocenters. The molecule has 0 radical (unpaired) electrons. The lowest BCUT2D eigenvalue weighted by molar-refractivity contribution is -0.120. The third-order valence-electron chi connectivity index (χ3n) is 4.48. The lowest BCUT2D eigenvalue weighted by atomic mass is 9.83. The van der Waals surface area contributed by atoms with E-state index in [1.807, 2.05) is 62.4 Å². The van der Waals surface area contributed by atoms with Crippen molar-refractivity contribution in [3.05, 3.63) is 102 Å². The van der Waals surface area contributed by atoms with E-state index in [4.69, 9.17) is 0 Å². The van der Waals surface area contributed by atoms with Crippen LogP contribution in [0.4, 0.5) is 5.69 Å². The van der Waals surface area contributed by atoms with Crippen molar-refractivity contribution in [1.29, 1.82) is 0 Å². The highest BCUT2D eigenvalue weighted by Gasteiger charge is 2.29. The van der Waals surface area contributed by atoms with Gasteiger partial charge in [0.1, 0.15) is 0 Å². The molecule has 0 bridgehead atoms. The van der Waals surface area contributed by atoms with Crippen LogP contribution in [-0.4, -0.2) is 11.7 Å². The molecule has 1 amide bonds. The molecule has 0 heterocycles. The molecule has 1 N–H and O–H groups in total. The fourth-order valence-corrected chi connectivity index (χ4v) is 2.77. The highest BCUT2D eigenvalue weighted by molar-refractivity contribution is 6.10. The van der Waals surface area contributed by atoms with Crippen LogP contribution in [-0.2, 0) is 10.2 Å². The molecular formula is C23H21NO2. The Kier molecular flexibility index (Phi) is 4.99. The van der Waals surface area contributed by atoms with Crippen molar-refractivity contribution in [1.82, 2.24) is 0 Å². The number of hydrogen-bond donors (Lipinski definition) is 1. The van der Waals surface area contributed by atoms with Crippen LogP contribution < -0.4 is 5.32 Å². The van der Waals surface area contributed by atoms with Gasteiger partial charge in [0.05, 0.1) is 5.41 Å². The van der Waals surface area contributed by atoms with Gasteiger partial charge in [0.15, 0.2) is 5.78 Å². The molecule has 26 heavy (non-hydrogen) atoms. The van der Waals surface area contributed by atoms with E-state index in [1.165, 1.54) is 0 Å². The van der Waals surface area contributed by atoms with Gasteiger partial charge in [-0.25, -0.2) is 0 Å². The quantitative estimate of drug-likeness (QED) is 0.674. The molecule has 0 saturated heterocycles. The van der Waals surface area contributed by atoms with Crippen molar-refractivity contribution >= 4 is 17.4 Å². The Labute approximate surface area is 153 Å². The Hall–Kier alpha value is -3.20. The fourth-order valence-electron chi connectivity index (χ4n) is 2.77. The number of carbonyl (C=O) groups excluding carboxylic acids is 2. The van der Waals surface area contributed by atoms with Crippen molar-refractivity contribution in [2.24, 2.45) is 0 Å². The zero-order chi connectivity index (χ0) is 18.6. The molecule has 3 aromatic carbocycles. The van der Waals surface area contributed by atoms with Crippen LogP contribution in [0.15, 0.2) is 84.9 Å². The highest BCUT2D eigenvalue weighted by atomic mass is 16.2. The first-order valence-electron chi connectivity index (χ1n) is 8.55. The minimum Gasteiger partial charge on any atom is -0.325 e. The van der Waals surface area contributed by atoms with Gasteiger partial charge in [-0.1, -0.05) is 72.8 Å². The Bertz CT molecular complexity index is 915. The Balaban J connectivity index is 1.81. The molecule has 0 spiro atoms. The number of carbonyl (C=O) groups is 2. The molecule has 3 rings (SSSR count). The van der Waals surface area contributed by atoms with Crippen LogP contribution in [0.1, 0.15) is 35.3 Å². The van der Waals surface area contributed by atoms with Crippen molar-refractivity contribution in [3.8, 4) is 0 Å². The minimum absolute atomic E-state index is 0.0657. The Morgan fingerprint density at radius 1 is 0.731 bits per heavy atom. The summed E-state index contributed by atoms with van der Waals surface area (Å²) in [5.74, 6) is -0.183. The lowest BCUT2D eigenvalue weighted by Crippen LogP contribution is -2.34. The van der Waals surface area contributed by atoms with Crippen LogP contribution in [0.5, 0.6) is 0 Å². The van der Waals surface area contributed by atoms with Crippen molar-refractivity contribution in [3.63, 3.8) is 0 Å². The second-order valence-electron chi connectivity index (χ2n) is 6.72. The maximum absolute atomic E-state index is 12.8. The monoisotopic (exact) mass is 343 g/mol. The first-order chi connectivity index (χ1) is 12.5. The van der Waals surface area contributed by atoms with E-state index in [2.05, 4.69) is 5.32 Å². The second kappa shape index (κ2) is 7.36. The number of rotatable bonds is 5. The summed E-state index contributed by atoms with van der Waals surface area (Å²) >= 11 is 0. The van der Waals surface area contributed by atoms with Gasteiger partial charge in [-0.05, 0) is 31.5 Å². The summed E-state index contributed by atoms with van der Waals surface area (Å²) in [6.45, 7) is 3.77. The summed E-state index contributed by atoms with van der Waals surface area (Å²) in [6, 6.07) is 25.8. The summed E-state index contributed by atoms with van der Waals surface area (Å²) < 4.78 is 0. The summed E-state index contributed by atoms with van der Waals surface area (Å²) in [4.78, 5) is 25.4. The zero-order valence-corrected chi connectivity index (χ0v) is 14.9. The molecule has 0 aliphatic heterocycles. The van der Waals surface area contributed by atoms with Gasteiger partial charge in [-0.3, -0.25) is 9.59 Å². The van der Waals surface area contributed by atoms with Crippen molar-refractivity contribution in [2.45, 2.75) is 19.3 Å². The molecule has 3 heteroatoms. The smallest absolute Gasteiger partial charge is 0.234 e. The maximum atomic E-state index is 12.8. The Morgan fingerprint density at radius 2 is 1.31 bits per heavy atom. The molecule has 0 saturated carbocycles. The van der Waals surface area contributed by atoms with Gasteiger partial charge < -0.3 is 5.32 Å². The summed E-state index contributed by atoms with van der Waals surface area (Å²) in [7, 11) is 0. The van der Waals surface area contributed by atoms with Crippen molar-refractivity contribution in [2.75, 3.05) is 5.32 Å². The second-order valence-corrected chi connectivity index (χ2v) is 6.72. The SMILES string of the molecule is CC(C)(C(=O)Nc1cccc(C(=O)c2ccccc2)c1)c1ccccc1. The molecule has 3 nitrogen and oxygen atoms in total. The standard InChI is InChI=1S/C23H21NO2/c1-23(2,19-13-7-4-8-14-19)22(26)24-20-15-9-12-18(16-20)21(25)17-10-5-3-6-11-17/h3-16H,1-2H3,(H,24,26). The molecule has 0 fully saturated rings. The predicted molar refractivity (Wildman–Crippen MR) is 104 cm³/mol. The van der Waals surface area contributed by atoms with Crippen LogP contribution >= 0.6 is 0 Å². The van der Waals surface area contributed by atoms with Gasteiger partial charge in [0, 0.05) is 16.8 Å². The summed E-state index contributed by atoms with van der Waals surface area (Å²) in [6.07, 6.45) is 0. The average molecular weight is 343 g/mol. The largest absolute Gasteiger partial charge is 0.325 e. The molecule has 0 atom stereocenters. The Morgan fingerprint density at radius 3 is 1.96 bits per heavy atom. The van der Waals surface area contributed by atoms with E-state index in [-0.39, 0.29) is 11.7 Å². The maximum Gasteiger partial charge on any atom is 0.234 e. The van der Waals surface area contributed by atoms with Gasteiger partial charge >= 0.3 is 0 Å². The average Bonchev–Trinajstić information content (AvgIpc) is 2.69. The van der Waals surface area contributed by atoms with Crippen LogP contribution in [0.2, 0.25) is 0 Å². The number of ketones is 1. The molecule has 130 valence electrons. The van der Waals surface area contributed by atoms with Crippen molar-refractivity contribution < 1.29 is 9.59 Å². The van der Waals surface area contributed by atoms with E-state index in [0.717, 1.165) is 5.56 Å². The molecule has 0 aliphatic carbocycles. The summed E-state index contributed by atoms with van der Waals surface area (Å²) in [5.41, 5.74) is 2.04. The molecule has 3 aromatic rings. The van der Waals surface area contributed by atoms with E-state index in [0.29, 0.717) is 16.8 Å². The lowest BCUT2D eigenvalue weighted by Gasteiger charge is -2.24. The van der Waals surface area contributed by atoms with E-state index in [1.54, 1.807) is 36.4 Å². The number of nitrogens with one attached hydrogen (secondary N) is 1. The normalized spacial score (nSPS) is 11.0. The van der Waals surface area contributed by atoms with Crippen LogP contribution in [0.25, 0.3) is 0 Å². The minimum atomic E-state index is -0.680. The van der Waals surface area contributed by atoms with Gasteiger partial charge in [-0.15, -0.1) is 0 Å². The van der Waals surface area contributed by atoms with E-state index in [9.17, 15) is 9.59 Å². The van der Waals surface area contributed by atoms with Crippen LogP contribution in [0.3, 0.4) is 0 Å². The van der Waals surface area contributed by atoms with Gasteiger partial charge in [0.2, 0.25) is 5.91 Å². The van der Waals surface area contributed by atoms with E-state index >= 15 is 0 Å². The first kappa shape index (κ1) is 17.6. The molecule has 0 aromatic heterocycles. The molecular weight excluding hydrogens is 322 g/mol. The third kappa shape index (κ3) is 3.72. The topological polar surface area (TPSA) is 46.2 Å². The predicted octanol–water partition coefficient (Wildman–Crippen LogP) is 4.83. The van der Waals surface area contributed by atoms with Gasteiger partial charge in [-0.2, -0.15) is 0 Å². The highest BCUT2D eigenvalue weighted by Crippen LogP contribution is 2.25. The molecule has 0 aliphatic rings. The van der Waals surface area contributed by atoms with E-state index < -0.39 is 5.41 Å². The summed E-state index contributed by atoms with van der Waals surface area (Å²) in [5, 5.41) is 2.94. The number of anilines is 1. The van der Waals surface area contributed by atoms with Gasteiger partial charge in [0.25, 0.3) is 0 Å².